The average molecular weight is 386 g/mol. The number of carbonyl (C=O) groups excluding carboxylic acids is 3. The van der Waals surface area contributed by atoms with Crippen molar-refractivity contribution in [3.63, 3.8) is 0 Å². The Morgan fingerprint density at radius 2 is 1.79 bits per heavy atom. The van der Waals surface area contributed by atoms with Crippen LogP contribution in [0, 0.1) is 11.3 Å². The number of amides is 2. The second-order valence-electron chi connectivity index (χ2n) is 8.88. The zero-order valence-electron chi connectivity index (χ0n) is 17.2. The molecule has 0 saturated carbocycles. The summed E-state index contributed by atoms with van der Waals surface area (Å²) in [6.45, 7) is 9.96. The van der Waals surface area contributed by atoms with E-state index < -0.39 is 17.3 Å². The first-order valence-electron chi connectivity index (χ1n) is 10.0. The maximum atomic E-state index is 12.9. The van der Waals surface area contributed by atoms with Gasteiger partial charge in [-0.15, -0.1) is 0 Å². The van der Waals surface area contributed by atoms with E-state index >= 15 is 0 Å². The number of hydrogen-bond donors (Lipinski definition) is 1. The van der Waals surface area contributed by atoms with E-state index in [4.69, 9.17) is 4.74 Å². The van der Waals surface area contributed by atoms with Crippen molar-refractivity contribution in [1.29, 1.82) is 0 Å². The molecule has 2 aliphatic heterocycles. The second-order valence-corrected chi connectivity index (χ2v) is 8.88. The molecule has 2 heterocycles. The van der Waals surface area contributed by atoms with Gasteiger partial charge >= 0.3 is 5.97 Å². The van der Waals surface area contributed by atoms with E-state index in [1.807, 2.05) is 29.2 Å². The second kappa shape index (κ2) is 7.57. The molecule has 1 aromatic carbocycles. The van der Waals surface area contributed by atoms with Gasteiger partial charge in [0, 0.05) is 30.6 Å². The zero-order valence-corrected chi connectivity index (χ0v) is 17.2. The summed E-state index contributed by atoms with van der Waals surface area (Å²) in [5.74, 6) is -1.47. The summed E-state index contributed by atoms with van der Waals surface area (Å²) < 4.78 is 5.13. The number of nitrogens with one attached hydrogen (secondary N) is 1. The number of ether oxygens (including phenoxy) is 1. The SMILES string of the molecule is CCOC(=O)C1C(=O)NCC12CCN(C(=O)c1ccc(C(C)(C)C)cc1)CC2. The van der Waals surface area contributed by atoms with Crippen LogP contribution in [0.4, 0.5) is 0 Å². The fourth-order valence-corrected chi connectivity index (χ4v) is 4.24. The molecule has 6 nitrogen and oxygen atoms in total. The van der Waals surface area contributed by atoms with Crippen LogP contribution in [0.3, 0.4) is 0 Å². The van der Waals surface area contributed by atoms with Crippen LogP contribution in [0.2, 0.25) is 0 Å². The topological polar surface area (TPSA) is 75.7 Å². The Hall–Kier alpha value is -2.37. The van der Waals surface area contributed by atoms with Gasteiger partial charge in [-0.1, -0.05) is 32.9 Å². The summed E-state index contributed by atoms with van der Waals surface area (Å²) in [5, 5.41) is 2.82. The van der Waals surface area contributed by atoms with Gasteiger partial charge < -0.3 is 15.0 Å². The third-order valence-corrected chi connectivity index (χ3v) is 6.06. The molecule has 1 atom stereocenters. The van der Waals surface area contributed by atoms with Crippen LogP contribution in [-0.4, -0.2) is 48.9 Å². The molecule has 2 fully saturated rings. The highest BCUT2D eigenvalue weighted by atomic mass is 16.5. The molecular weight excluding hydrogens is 356 g/mol. The Labute approximate surface area is 166 Å². The van der Waals surface area contributed by atoms with Gasteiger partial charge in [-0.25, -0.2) is 0 Å². The highest BCUT2D eigenvalue weighted by Gasteiger charge is 2.54. The van der Waals surface area contributed by atoms with Gasteiger partial charge in [-0.3, -0.25) is 14.4 Å². The lowest BCUT2D eigenvalue weighted by atomic mass is 9.70. The summed E-state index contributed by atoms with van der Waals surface area (Å²) in [6.07, 6.45) is 1.22. The monoisotopic (exact) mass is 386 g/mol. The summed E-state index contributed by atoms with van der Waals surface area (Å²) in [6, 6.07) is 7.79. The maximum absolute atomic E-state index is 12.9. The van der Waals surface area contributed by atoms with Crippen LogP contribution in [0.25, 0.3) is 0 Å². The van der Waals surface area contributed by atoms with E-state index in [1.165, 1.54) is 5.56 Å². The highest BCUT2D eigenvalue weighted by molar-refractivity contribution is 6.00. The van der Waals surface area contributed by atoms with Crippen LogP contribution in [0.15, 0.2) is 24.3 Å². The van der Waals surface area contributed by atoms with Crippen LogP contribution in [0.5, 0.6) is 0 Å². The Morgan fingerprint density at radius 1 is 1.18 bits per heavy atom. The van der Waals surface area contributed by atoms with E-state index in [0.717, 1.165) is 0 Å². The predicted octanol–water partition coefficient (Wildman–Crippen LogP) is 2.52. The number of benzene rings is 1. The molecule has 152 valence electrons. The Morgan fingerprint density at radius 3 is 2.32 bits per heavy atom. The lowest BCUT2D eigenvalue weighted by Gasteiger charge is -2.40. The minimum atomic E-state index is -0.768. The molecule has 28 heavy (non-hydrogen) atoms. The number of likely N-dealkylation sites (tertiary alicyclic amines) is 1. The van der Waals surface area contributed by atoms with Crippen molar-refractivity contribution < 1.29 is 19.1 Å². The average Bonchev–Trinajstić information content (AvgIpc) is 2.97. The van der Waals surface area contributed by atoms with Crippen molar-refractivity contribution in [2.45, 2.75) is 46.0 Å². The quantitative estimate of drug-likeness (QED) is 0.640. The molecule has 0 aliphatic carbocycles. The van der Waals surface area contributed by atoms with E-state index in [9.17, 15) is 14.4 Å². The zero-order chi connectivity index (χ0) is 20.5. The molecule has 1 aromatic rings. The van der Waals surface area contributed by atoms with Crippen LogP contribution < -0.4 is 5.32 Å². The molecule has 6 heteroatoms. The third-order valence-electron chi connectivity index (χ3n) is 6.06. The van der Waals surface area contributed by atoms with Crippen LogP contribution in [-0.2, 0) is 19.7 Å². The van der Waals surface area contributed by atoms with Crippen molar-refractivity contribution in [1.82, 2.24) is 10.2 Å². The first-order valence-corrected chi connectivity index (χ1v) is 10.0. The molecule has 0 radical (unpaired) electrons. The summed E-state index contributed by atoms with van der Waals surface area (Å²) in [4.78, 5) is 39.3. The lowest BCUT2D eigenvalue weighted by Crippen LogP contribution is -2.48. The van der Waals surface area contributed by atoms with Gasteiger partial charge in [-0.2, -0.15) is 0 Å². The number of hydrogen-bond acceptors (Lipinski definition) is 4. The Bertz CT molecular complexity index is 756. The molecule has 2 saturated heterocycles. The van der Waals surface area contributed by atoms with Crippen molar-refractivity contribution in [2.75, 3.05) is 26.2 Å². The Kier molecular flexibility index (Phi) is 5.50. The smallest absolute Gasteiger partial charge is 0.319 e. The van der Waals surface area contributed by atoms with Gasteiger partial charge in [-0.05, 0) is 42.9 Å². The maximum Gasteiger partial charge on any atom is 0.319 e. The van der Waals surface area contributed by atoms with Crippen molar-refractivity contribution in [2.24, 2.45) is 11.3 Å². The lowest BCUT2D eigenvalue weighted by molar-refractivity contribution is -0.155. The molecule has 0 bridgehead atoms. The van der Waals surface area contributed by atoms with E-state index in [0.29, 0.717) is 38.0 Å². The molecule has 2 amide bonds. The molecule has 1 N–H and O–H groups in total. The van der Waals surface area contributed by atoms with E-state index in [1.54, 1.807) is 6.92 Å². The van der Waals surface area contributed by atoms with E-state index in [2.05, 4.69) is 26.1 Å². The number of piperidine rings is 1. The minimum Gasteiger partial charge on any atom is -0.465 e. The largest absolute Gasteiger partial charge is 0.465 e. The fourth-order valence-electron chi connectivity index (χ4n) is 4.24. The van der Waals surface area contributed by atoms with Crippen LogP contribution in [0.1, 0.15) is 56.5 Å². The van der Waals surface area contributed by atoms with Gasteiger partial charge in [0.05, 0.1) is 6.61 Å². The summed E-state index contributed by atoms with van der Waals surface area (Å²) in [5.41, 5.74) is 1.46. The van der Waals surface area contributed by atoms with Gasteiger partial charge in [0.2, 0.25) is 5.91 Å². The normalized spacial score (nSPS) is 21.5. The molecule has 3 rings (SSSR count). The molecule has 0 aromatic heterocycles. The number of esters is 1. The standard InChI is InChI=1S/C22H30N2O4/c1-5-28-20(27)17-18(25)23-14-22(17)10-12-24(13-11-22)19(26)15-6-8-16(9-7-15)21(2,3)4/h6-9,17H,5,10-14H2,1-4H3,(H,23,25). The molecule has 1 spiro atoms. The van der Waals surface area contributed by atoms with E-state index in [-0.39, 0.29) is 23.8 Å². The number of nitrogens with zero attached hydrogens (tertiary/aromatic N) is 1. The van der Waals surface area contributed by atoms with Gasteiger partial charge in [0.1, 0.15) is 5.92 Å². The number of rotatable bonds is 3. The van der Waals surface area contributed by atoms with Gasteiger partial charge in [0.25, 0.3) is 5.91 Å². The van der Waals surface area contributed by atoms with Crippen LogP contribution >= 0.6 is 0 Å². The first kappa shape index (κ1) is 20.4. The summed E-state index contributed by atoms with van der Waals surface area (Å²) in [7, 11) is 0. The van der Waals surface area contributed by atoms with Gasteiger partial charge in [0.15, 0.2) is 0 Å². The van der Waals surface area contributed by atoms with Crippen molar-refractivity contribution >= 4 is 17.8 Å². The first-order chi connectivity index (χ1) is 13.2. The summed E-state index contributed by atoms with van der Waals surface area (Å²) >= 11 is 0. The van der Waals surface area contributed by atoms with Crippen molar-refractivity contribution in [3.05, 3.63) is 35.4 Å². The molecular formula is C22H30N2O4. The third kappa shape index (κ3) is 3.77. The number of carbonyl (C=O) groups is 3. The fraction of sp³-hybridized carbons (Fsp3) is 0.591. The minimum absolute atomic E-state index is 0.000256. The predicted molar refractivity (Wildman–Crippen MR) is 106 cm³/mol. The molecule has 2 aliphatic rings. The Balaban J connectivity index is 1.68. The molecule has 1 unspecified atom stereocenters. The van der Waals surface area contributed by atoms with Crippen molar-refractivity contribution in [3.8, 4) is 0 Å². The highest BCUT2D eigenvalue weighted by Crippen LogP contribution is 2.43.